The molecular weight excluding hydrogens is 415 g/mol. The highest BCUT2D eigenvalue weighted by Crippen LogP contribution is 2.37. The molecule has 0 saturated carbocycles. The van der Waals surface area contributed by atoms with Crippen molar-refractivity contribution in [2.24, 2.45) is 5.10 Å². The van der Waals surface area contributed by atoms with Crippen molar-refractivity contribution < 1.29 is 31.1 Å². The van der Waals surface area contributed by atoms with Crippen molar-refractivity contribution in [2.75, 3.05) is 12.8 Å². The second-order valence-corrected chi connectivity index (χ2v) is 7.72. The molecule has 14 heteroatoms. The van der Waals surface area contributed by atoms with Gasteiger partial charge in [0.25, 0.3) is 5.91 Å². The number of carbonyl (C=O) groups excluding carboxylic acids is 1. The number of hydrogen-bond acceptors (Lipinski definition) is 8. The van der Waals surface area contributed by atoms with Gasteiger partial charge in [-0.1, -0.05) is 18.5 Å². The summed E-state index contributed by atoms with van der Waals surface area (Å²) in [6, 6.07) is 1.66. The van der Waals surface area contributed by atoms with Crippen LogP contribution < -0.4 is 21.1 Å². The second-order valence-electron chi connectivity index (χ2n) is 5.29. The highest BCUT2D eigenvalue weighted by molar-refractivity contribution is 7.91. The third kappa shape index (κ3) is 4.93. The zero-order valence-corrected chi connectivity index (χ0v) is 15.6. The van der Waals surface area contributed by atoms with Crippen molar-refractivity contribution >= 4 is 33.3 Å². The molecular formula is C13H15ClF3N5O4S. The SMILES string of the molecule is CCCS(=O)(=O)c1c(OC(F)(F)F)ccc(C(=O)NC2=NNNN2C)c1Cl. The van der Waals surface area contributed by atoms with Gasteiger partial charge in [-0.25, -0.2) is 14.0 Å². The largest absolute Gasteiger partial charge is 0.573 e. The van der Waals surface area contributed by atoms with E-state index in [9.17, 15) is 26.4 Å². The van der Waals surface area contributed by atoms with Gasteiger partial charge in [0.1, 0.15) is 10.6 Å². The number of sulfone groups is 1. The number of ether oxygens (including phenoxy) is 1. The molecule has 1 aromatic carbocycles. The van der Waals surface area contributed by atoms with Gasteiger partial charge in [-0.05, 0) is 18.6 Å². The molecule has 3 N–H and O–H groups in total. The lowest BCUT2D eigenvalue weighted by atomic mass is 10.2. The highest BCUT2D eigenvalue weighted by atomic mass is 35.5. The molecule has 0 radical (unpaired) electrons. The van der Waals surface area contributed by atoms with Gasteiger partial charge < -0.3 is 4.74 Å². The number of hydrazone groups is 1. The summed E-state index contributed by atoms with van der Waals surface area (Å²) in [5.74, 6) is -2.32. The minimum atomic E-state index is -5.14. The fourth-order valence-electron chi connectivity index (χ4n) is 2.14. The van der Waals surface area contributed by atoms with Crippen LogP contribution in [0.15, 0.2) is 22.1 Å². The monoisotopic (exact) mass is 429 g/mol. The van der Waals surface area contributed by atoms with Gasteiger partial charge in [0.15, 0.2) is 9.84 Å². The predicted molar refractivity (Wildman–Crippen MR) is 89.4 cm³/mol. The molecule has 0 unspecified atom stereocenters. The van der Waals surface area contributed by atoms with Gasteiger partial charge in [-0.15, -0.1) is 23.8 Å². The Kier molecular flexibility index (Phi) is 6.07. The molecule has 1 aromatic rings. The van der Waals surface area contributed by atoms with E-state index in [1.54, 1.807) is 0 Å². The molecule has 2 rings (SSSR count). The first kappa shape index (κ1) is 21.1. The van der Waals surface area contributed by atoms with Crippen molar-refractivity contribution in [1.82, 2.24) is 21.4 Å². The van der Waals surface area contributed by atoms with Crippen LogP contribution in [0.4, 0.5) is 13.2 Å². The van der Waals surface area contributed by atoms with E-state index >= 15 is 0 Å². The maximum atomic E-state index is 12.6. The van der Waals surface area contributed by atoms with Crippen LogP contribution in [0.2, 0.25) is 5.02 Å². The van der Waals surface area contributed by atoms with Crippen LogP contribution in [0, 0.1) is 0 Å². The Labute approximate surface area is 157 Å². The molecule has 0 saturated heterocycles. The molecule has 9 nitrogen and oxygen atoms in total. The van der Waals surface area contributed by atoms with Gasteiger partial charge >= 0.3 is 6.36 Å². The molecule has 150 valence electrons. The topological polar surface area (TPSA) is 112 Å². The van der Waals surface area contributed by atoms with Crippen LogP contribution in [0.25, 0.3) is 0 Å². The van der Waals surface area contributed by atoms with E-state index in [4.69, 9.17) is 11.6 Å². The molecule has 0 bridgehead atoms. The van der Waals surface area contributed by atoms with E-state index in [0.717, 1.165) is 12.1 Å². The van der Waals surface area contributed by atoms with Gasteiger partial charge in [0.05, 0.1) is 16.3 Å². The normalized spacial score (nSPS) is 14.6. The quantitative estimate of drug-likeness (QED) is 0.648. The van der Waals surface area contributed by atoms with Crippen molar-refractivity contribution in [3.63, 3.8) is 0 Å². The first-order valence-corrected chi connectivity index (χ1v) is 9.43. The maximum Gasteiger partial charge on any atom is 0.573 e. The molecule has 1 aliphatic rings. The number of hydrazine groups is 2. The maximum absolute atomic E-state index is 12.6. The summed E-state index contributed by atoms with van der Waals surface area (Å²) >= 11 is 6.01. The Morgan fingerprint density at radius 2 is 2.07 bits per heavy atom. The highest BCUT2D eigenvalue weighted by Gasteiger charge is 2.36. The molecule has 27 heavy (non-hydrogen) atoms. The minimum absolute atomic E-state index is 0.0321. The number of nitrogens with one attached hydrogen (secondary N) is 3. The second kappa shape index (κ2) is 7.78. The summed E-state index contributed by atoms with van der Waals surface area (Å²) in [6.45, 7) is 1.53. The first-order valence-electron chi connectivity index (χ1n) is 7.40. The Hall–Kier alpha value is -2.25. The van der Waals surface area contributed by atoms with E-state index in [-0.39, 0.29) is 17.9 Å². The van der Waals surface area contributed by atoms with E-state index in [1.807, 2.05) is 0 Å². The standard InChI is InChI=1S/C13H15ClF3N5O4S/c1-3-6-27(24,25)10-8(26-13(15,16)17)5-4-7(9(10)14)11(23)18-12-19-20-21-22(12)2/h4-5,20-21H,3,6H2,1-2H3,(H,18,19,23). The zero-order valence-electron chi connectivity index (χ0n) is 14.0. The molecule has 1 amide bonds. The molecule has 1 heterocycles. The predicted octanol–water partition coefficient (Wildman–Crippen LogP) is 1.38. The molecule has 0 aliphatic carbocycles. The van der Waals surface area contributed by atoms with Gasteiger partial charge in [-0.3, -0.25) is 15.1 Å². The summed E-state index contributed by atoms with van der Waals surface area (Å²) in [4.78, 5) is 11.5. The van der Waals surface area contributed by atoms with E-state index in [0.29, 0.717) is 0 Å². The third-order valence-electron chi connectivity index (χ3n) is 3.24. The number of amides is 1. The number of benzene rings is 1. The smallest absolute Gasteiger partial charge is 0.404 e. The summed E-state index contributed by atoms with van der Waals surface area (Å²) in [7, 11) is -2.73. The fourth-order valence-corrected chi connectivity index (χ4v) is 4.28. The first-order chi connectivity index (χ1) is 12.5. The van der Waals surface area contributed by atoms with Crippen molar-refractivity contribution in [2.45, 2.75) is 24.6 Å². The van der Waals surface area contributed by atoms with Crippen LogP contribution in [-0.2, 0) is 9.84 Å². The average molecular weight is 430 g/mol. The van der Waals surface area contributed by atoms with Gasteiger partial charge in [-0.2, -0.15) is 0 Å². The number of rotatable bonds is 5. The lowest BCUT2D eigenvalue weighted by Gasteiger charge is -2.17. The van der Waals surface area contributed by atoms with E-state index < -0.39 is 43.5 Å². The minimum Gasteiger partial charge on any atom is -0.404 e. The lowest BCUT2D eigenvalue weighted by Crippen LogP contribution is -2.45. The van der Waals surface area contributed by atoms with Crippen LogP contribution >= 0.6 is 11.6 Å². The molecule has 0 atom stereocenters. The number of hydrogen-bond donors (Lipinski definition) is 3. The summed E-state index contributed by atoms with van der Waals surface area (Å²) in [5, 5.41) is 6.64. The van der Waals surface area contributed by atoms with E-state index in [1.165, 1.54) is 19.0 Å². The Balaban J connectivity index is 2.50. The van der Waals surface area contributed by atoms with Gasteiger partial charge in [0.2, 0.25) is 5.96 Å². The van der Waals surface area contributed by atoms with Crippen molar-refractivity contribution in [1.29, 1.82) is 0 Å². The van der Waals surface area contributed by atoms with Crippen LogP contribution in [0.5, 0.6) is 5.75 Å². The fraction of sp³-hybridized carbons (Fsp3) is 0.385. The molecule has 0 fully saturated rings. The van der Waals surface area contributed by atoms with Gasteiger partial charge in [0, 0.05) is 7.05 Å². The Morgan fingerprint density at radius 1 is 1.41 bits per heavy atom. The lowest BCUT2D eigenvalue weighted by molar-refractivity contribution is -0.275. The summed E-state index contributed by atoms with van der Waals surface area (Å²) in [6.07, 6.45) is -5.01. The van der Waals surface area contributed by atoms with Crippen LogP contribution in [-0.4, -0.2) is 44.5 Å². The Bertz CT molecular complexity index is 875. The molecule has 1 aliphatic heterocycles. The summed E-state index contributed by atoms with van der Waals surface area (Å²) < 4.78 is 66.5. The summed E-state index contributed by atoms with van der Waals surface area (Å²) in [5.41, 5.74) is 4.52. The Morgan fingerprint density at radius 3 is 2.59 bits per heavy atom. The number of halogens is 4. The van der Waals surface area contributed by atoms with Crippen LogP contribution in [0.3, 0.4) is 0 Å². The number of guanidine groups is 1. The van der Waals surface area contributed by atoms with Crippen molar-refractivity contribution in [3.8, 4) is 5.75 Å². The van der Waals surface area contributed by atoms with E-state index in [2.05, 4.69) is 26.2 Å². The molecule has 0 aromatic heterocycles. The number of nitrogens with zero attached hydrogens (tertiary/aromatic N) is 2. The van der Waals surface area contributed by atoms with Crippen molar-refractivity contribution in [3.05, 3.63) is 22.7 Å². The number of carbonyl (C=O) groups is 1. The van der Waals surface area contributed by atoms with Crippen LogP contribution in [0.1, 0.15) is 23.7 Å². The third-order valence-corrected chi connectivity index (χ3v) is 5.72. The number of alkyl halides is 3. The molecule has 0 spiro atoms. The average Bonchev–Trinajstić information content (AvgIpc) is 2.90. The zero-order chi connectivity index (χ0) is 20.4.